The number of aliphatic hydroxyl groups is 1. The minimum atomic E-state index is -0.344. The summed E-state index contributed by atoms with van der Waals surface area (Å²) >= 11 is 0. The molecule has 0 bridgehead atoms. The summed E-state index contributed by atoms with van der Waals surface area (Å²) in [6, 6.07) is 10.8. The van der Waals surface area contributed by atoms with Gasteiger partial charge in [-0.1, -0.05) is 57.2 Å². The second-order valence-corrected chi connectivity index (χ2v) is 7.26. The average molecular weight is 294 g/mol. The molecule has 0 heterocycles. The third-order valence-electron chi connectivity index (χ3n) is 4.99. The van der Waals surface area contributed by atoms with Crippen LogP contribution in [0.25, 0.3) is 16.3 Å². The van der Waals surface area contributed by atoms with Crippen molar-refractivity contribution in [3.8, 4) is 0 Å². The van der Waals surface area contributed by atoms with E-state index in [0.29, 0.717) is 0 Å². The van der Waals surface area contributed by atoms with Gasteiger partial charge in [0.05, 0.1) is 6.10 Å². The Labute approximate surface area is 133 Å². The molecule has 0 saturated heterocycles. The summed E-state index contributed by atoms with van der Waals surface area (Å²) in [5, 5.41) is 13.2. The Bertz CT molecular complexity index is 737. The molecule has 0 amide bonds. The third kappa shape index (κ3) is 2.59. The Hall–Kier alpha value is -1.60. The minimum Gasteiger partial charge on any atom is -0.388 e. The van der Waals surface area contributed by atoms with Gasteiger partial charge in [-0.05, 0) is 64.6 Å². The number of hydrogen-bond acceptors (Lipinski definition) is 1. The minimum absolute atomic E-state index is 0.157. The molecule has 1 nitrogen and oxygen atoms in total. The van der Waals surface area contributed by atoms with E-state index in [-0.39, 0.29) is 11.5 Å². The summed E-state index contributed by atoms with van der Waals surface area (Å²) in [6.07, 6.45) is 4.86. The van der Waals surface area contributed by atoms with E-state index in [1.54, 1.807) is 0 Å². The first kappa shape index (κ1) is 15.3. The Morgan fingerprint density at radius 3 is 2.68 bits per heavy atom. The van der Waals surface area contributed by atoms with E-state index >= 15 is 0 Å². The number of fused-ring (bicyclic) bond motifs is 1. The van der Waals surface area contributed by atoms with E-state index in [9.17, 15) is 5.11 Å². The normalized spacial score (nSPS) is 21.0. The Morgan fingerprint density at radius 1 is 1.23 bits per heavy atom. The van der Waals surface area contributed by atoms with Crippen LogP contribution in [0.1, 0.15) is 50.3 Å². The highest BCUT2D eigenvalue weighted by molar-refractivity contribution is 5.97. The number of allylic oxidation sites excluding steroid dienone is 1. The fraction of sp³-hybridized carbons (Fsp3) is 0.429. The summed E-state index contributed by atoms with van der Waals surface area (Å²) < 4.78 is 0. The van der Waals surface area contributed by atoms with Crippen LogP contribution in [-0.4, -0.2) is 11.2 Å². The second kappa shape index (κ2) is 5.55. The zero-order valence-corrected chi connectivity index (χ0v) is 14.1. The molecule has 2 aromatic rings. The first-order chi connectivity index (χ1) is 10.4. The smallest absolute Gasteiger partial charge is 0.0793 e. The van der Waals surface area contributed by atoms with Crippen LogP contribution in [0.2, 0.25) is 0 Å². The number of rotatable bonds is 2. The molecule has 0 radical (unpaired) electrons. The average Bonchev–Trinajstić information content (AvgIpc) is 2.48. The summed E-state index contributed by atoms with van der Waals surface area (Å²) in [4.78, 5) is 0. The van der Waals surface area contributed by atoms with Crippen molar-refractivity contribution < 1.29 is 5.11 Å². The zero-order valence-electron chi connectivity index (χ0n) is 14.1. The summed E-state index contributed by atoms with van der Waals surface area (Å²) in [5.74, 6) is 0. The van der Waals surface area contributed by atoms with Crippen molar-refractivity contribution >= 4 is 16.3 Å². The molecular formula is C21H26O. The molecule has 0 spiro atoms. The van der Waals surface area contributed by atoms with Gasteiger partial charge in [0.2, 0.25) is 0 Å². The van der Waals surface area contributed by atoms with Gasteiger partial charge in [-0.2, -0.15) is 0 Å². The van der Waals surface area contributed by atoms with E-state index in [0.717, 1.165) is 24.8 Å². The lowest BCUT2D eigenvalue weighted by molar-refractivity contribution is 0.190. The Kier molecular flexibility index (Phi) is 3.86. The summed E-state index contributed by atoms with van der Waals surface area (Å²) in [7, 11) is 0. The lowest BCUT2D eigenvalue weighted by atomic mass is 9.74. The maximum atomic E-state index is 10.7. The first-order valence-electron chi connectivity index (χ1n) is 8.35. The van der Waals surface area contributed by atoms with E-state index < -0.39 is 0 Å². The topological polar surface area (TPSA) is 20.2 Å². The molecule has 1 atom stereocenters. The first-order valence-corrected chi connectivity index (χ1v) is 8.35. The molecule has 0 aliphatic heterocycles. The highest BCUT2D eigenvalue weighted by Gasteiger charge is 2.29. The largest absolute Gasteiger partial charge is 0.388 e. The van der Waals surface area contributed by atoms with Gasteiger partial charge in [0.25, 0.3) is 0 Å². The van der Waals surface area contributed by atoms with Crippen LogP contribution >= 0.6 is 0 Å². The standard InChI is InChI=1S/C21H26O/c1-5-16-14(2)12-15-8-6-7-9-17(15)20(16)18-13-21(3,4)11-10-19(18)22/h6-9,12-13,19,22H,5,10-11H2,1-4H3. The maximum absolute atomic E-state index is 10.7. The van der Waals surface area contributed by atoms with Crippen LogP contribution < -0.4 is 0 Å². The molecule has 1 aliphatic rings. The molecule has 22 heavy (non-hydrogen) atoms. The van der Waals surface area contributed by atoms with Crippen LogP contribution in [0, 0.1) is 12.3 Å². The quantitative estimate of drug-likeness (QED) is 0.799. The van der Waals surface area contributed by atoms with Crippen LogP contribution in [0.4, 0.5) is 0 Å². The fourth-order valence-corrected chi connectivity index (χ4v) is 3.81. The van der Waals surface area contributed by atoms with Crippen molar-refractivity contribution in [1.29, 1.82) is 0 Å². The van der Waals surface area contributed by atoms with Crippen molar-refractivity contribution in [2.75, 3.05) is 0 Å². The number of aryl methyl sites for hydroxylation is 1. The number of benzene rings is 2. The van der Waals surface area contributed by atoms with E-state index in [1.165, 1.54) is 27.5 Å². The van der Waals surface area contributed by atoms with Crippen LogP contribution in [0.5, 0.6) is 0 Å². The number of hydrogen-bond donors (Lipinski definition) is 1. The van der Waals surface area contributed by atoms with Crippen molar-refractivity contribution in [3.63, 3.8) is 0 Å². The van der Waals surface area contributed by atoms with Gasteiger partial charge in [-0.15, -0.1) is 0 Å². The molecule has 116 valence electrons. The van der Waals surface area contributed by atoms with Gasteiger partial charge >= 0.3 is 0 Å². The number of aliphatic hydroxyl groups excluding tert-OH is 1. The van der Waals surface area contributed by atoms with Crippen LogP contribution in [-0.2, 0) is 6.42 Å². The van der Waals surface area contributed by atoms with Gasteiger partial charge < -0.3 is 5.11 Å². The van der Waals surface area contributed by atoms with Gasteiger partial charge in [-0.25, -0.2) is 0 Å². The highest BCUT2D eigenvalue weighted by Crippen LogP contribution is 2.41. The summed E-state index contributed by atoms with van der Waals surface area (Å²) in [6.45, 7) is 8.93. The maximum Gasteiger partial charge on any atom is 0.0793 e. The molecule has 0 saturated carbocycles. The second-order valence-electron chi connectivity index (χ2n) is 7.26. The molecule has 0 aromatic heterocycles. The predicted octanol–water partition coefficient (Wildman–Crippen LogP) is 5.27. The molecule has 1 heteroatoms. The van der Waals surface area contributed by atoms with E-state index in [1.807, 2.05) is 0 Å². The zero-order chi connectivity index (χ0) is 15.9. The molecule has 0 fully saturated rings. The predicted molar refractivity (Wildman–Crippen MR) is 95.1 cm³/mol. The summed E-state index contributed by atoms with van der Waals surface area (Å²) in [5.41, 5.74) is 5.27. The van der Waals surface area contributed by atoms with Gasteiger partial charge in [0.1, 0.15) is 0 Å². The lowest BCUT2D eigenvalue weighted by Gasteiger charge is -2.32. The van der Waals surface area contributed by atoms with Crippen molar-refractivity contribution in [2.24, 2.45) is 5.41 Å². The van der Waals surface area contributed by atoms with Gasteiger partial charge in [0, 0.05) is 0 Å². The molecule has 1 N–H and O–H groups in total. The van der Waals surface area contributed by atoms with Crippen molar-refractivity contribution in [1.82, 2.24) is 0 Å². The Balaban J connectivity index is 2.35. The van der Waals surface area contributed by atoms with Crippen LogP contribution in [0.3, 0.4) is 0 Å². The lowest BCUT2D eigenvalue weighted by Crippen LogP contribution is -2.23. The fourth-order valence-electron chi connectivity index (χ4n) is 3.81. The molecular weight excluding hydrogens is 268 g/mol. The van der Waals surface area contributed by atoms with E-state index in [4.69, 9.17) is 0 Å². The molecule has 1 unspecified atom stereocenters. The monoisotopic (exact) mass is 294 g/mol. The highest BCUT2D eigenvalue weighted by atomic mass is 16.3. The SMILES string of the molecule is CCc1c(C)cc2ccccc2c1C1=CC(C)(C)CCC1O. The van der Waals surface area contributed by atoms with E-state index in [2.05, 4.69) is 64.1 Å². The Morgan fingerprint density at radius 2 is 1.95 bits per heavy atom. The van der Waals surface area contributed by atoms with Crippen molar-refractivity contribution in [2.45, 2.75) is 53.1 Å². The van der Waals surface area contributed by atoms with Gasteiger partial charge in [-0.3, -0.25) is 0 Å². The van der Waals surface area contributed by atoms with Crippen molar-refractivity contribution in [3.05, 3.63) is 53.1 Å². The van der Waals surface area contributed by atoms with Gasteiger partial charge in [0.15, 0.2) is 0 Å². The molecule has 1 aliphatic carbocycles. The molecule has 2 aromatic carbocycles. The molecule has 3 rings (SSSR count). The van der Waals surface area contributed by atoms with Crippen LogP contribution in [0.15, 0.2) is 36.4 Å². The third-order valence-corrected chi connectivity index (χ3v) is 4.99.